The minimum atomic E-state index is -0.289. The van der Waals surface area contributed by atoms with Gasteiger partial charge >= 0.3 is 0 Å². The van der Waals surface area contributed by atoms with Crippen LogP contribution in [-0.4, -0.2) is 52.1 Å². The van der Waals surface area contributed by atoms with Gasteiger partial charge in [-0.15, -0.1) is 0 Å². The fraction of sp³-hybridized carbons (Fsp3) is 0.192. The van der Waals surface area contributed by atoms with Crippen molar-refractivity contribution in [2.24, 2.45) is 0 Å². The zero-order valence-corrected chi connectivity index (χ0v) is 19.8. The number of hydrogen-bond acceptors (Lipinski definition) is 9. The molecule has 182 valence electrons. The molecule has 4 N–H and O–H groups in total. The molecule has 36 heavy (non-hydrogen) atoms. The Hall–Kier alpha value is -4.57. The van der Waals surface area contributed by atoms with Crippen molar-refractivity contribution >= 4 is 40.0 Å². The molecule has 0 spiro atoms. The molecule has 0 bridgehead atoms. The average Bonchev–Trinajstić information content (AvgIpc) is 3.42. The minimum Gasteiger partial charge on any atom is -0.479 e. The van der Waals surface area contributed by atoms with E-state index in [4.69, 9.17) is 9.72 Å². The van der Waals surface area contributed by atoms with Crippen LogP contribution >= 0.6 is 0 Å². The van der Waals surface area contributed by atoms with Crippen molar-refractivity contribution in [2.45, 2.75) is 12.5 Å². The van der Waals surface area contributed by atoms with Gasteiger partial charge in [0.05, 0.1) is 18.3 Å². The monoisotopic (exact) mass is 482 g/mol. The molecule has 5 rings (SSSR count). The highest BCUT2D eigenvalue weighted by Gasteiger charge is 2.16. The highest BCUT2D eigenvalue weighted by molar-refractivity contribution is 5.99. The van der Waals surface area contributed by atoms with Crippen molar-refractivity contribution in [3.63, 3.8) is 0 Å². The fourth-order valence-corrected chi connectivity index (χ4v) is 4.05. The van der Waals surface area contributed by atoms with Gasteiger partial charge in [-0.3, -0.25) is 9.78 Å². The molecular formula is C26H26N8O2. The van der Waals surface area contributed by atoms with Crippen molar-refractivity contribution in [3.05, 3.63) is 67.5 Å². The van der Waals surface area contributed by atoms with Gasteiger partial charge in [0.1, 0.15) is 11.5 Å². The molecule has 0 saturated carbocycles. The Bertz CT molecular complexity index is 1420. The van der Waals surface area contributed by atoms with Gasteiger partial charge < -0.3 is 26.0 Å². The molecule has 1 atom stereocenters. The van der Waals surface area contributed by atoms with E-state index in [1.54, 1.807) is 31.6 Å². The van der Waals surface area contributed by atoms with Gasteiger partial charge in [-0.05, 0) is 43.3 Å². The lowest BCUT2D eigenvalue weighted by Gasteiger charge is -2.15. The number of para-hydroxylation sites is 1. The maximum Gasteiger partial charge on any atom is 0.247 e. The van der Waals surface area contributed by atoms with Crippen LogP contribution in [0.15, 0.2) is 67.5 Å². The number of nitrogens with zero attached hydrogens (tertiary/aromatic N) is 4. The van der Waals surface area contributed by atoms with Crippen LogP contribution in [0.3, 0.4) is 0 Å². The molecular weight excluding hydrogens is 456 g/mol. The van der Waals surface area contributed by atoms with E-state index in [1.807, 2.05) is 30.3 Å². The van der Waals surface area contributed by atoms with Crippen LogP contribution < -0.4 is 26.0 Å². The van der Waals surface area contributed by atoms with Crippen LogP contribution in [0.2, 0.25) is 0 Å². The Morgan fingerprint density at radius 1 is 1.19 bits per heavy atom. The number of pyridine rings is 2. The van der Waals surface area contributed by atoms with E-state index in [0.29, 0.717) is 40.5 Å². The molecule has 1 aliphatic heterocycles. The number of benzene rings is 1. The maximum atomic E-state index is 11.7. The Labute approximate surface area is 208 Å². The van der Waals surface area contributed by atoms with Gasteiger partial charge in [0.15, 0.2) is 0 Å². The summed E-state index contributed by atoms with van der Waals surface area (Å²) in [6.07, 6.45) is 5.66. The molecule has 1 aromatic carbocycles. The molecule has 1 aliphatic rings. The van der Waals surface area contributed by atoms with Crippen LogP contribution in [0.5, 0.6) is 5.88 Å². The van der Waals surface area contributed by atoms with Crippen molar-refractivity contribution < 1.29 is 9.53 Å². The molecule has 3 aromatic heterocycles. The molecule has 1 amide bonds. The predicted molar refractivity (Wildman–Crippen MR) is 141 cm³/mol. The summed E-state index contributed by atoms with van der Waals surface area (Å²) < 4.78 is 5.52. The topological polar surface area (TPSA) is 126 Å². The number of amides is 1. The quantitative estimate of drug-likeness (QED) is 0.278. The molecule has 10 nitrogen and oxygen atoms in total. The highest BCUT2D eigenvalue weighted by Crippen LogP contribution is 2.30. The minimum absolute atomic E-state index is 0.289. The summed E-state index contributed by atoms with van der Waals surface area (Å²) >= 11 is 0. The first kappa shape index (κ1) is 23.2. The number of carbonyl (C=O) groups is 1. The smallest absolute Gasteiger partial charge is 0.247 e. The Balaban J connectivity index is 1.44. The lowest BCUT2D eigenvalue weighted by atomic mass is 10.1. The number of aromatic nitrogens is 4. The van der Waals surface area contributed by atoms with Gasteiger partial charge in [-0.1, -0.05) is 24.8 Å². The van der Waals surface area contributed by atoms with Crippen LogP contribution in [0, 0.1) is 0 Å². The summed E-state index contributed by atoms with van der Waals surface area (Å²) in [7, 11) is 1.58. The predicted octanol–water partition coefficient (Wildman–Crippen LogP) is 3.74. The van der Waals surface area contributed by atoms with Crippen LogP contribution in [-0.2, 0) is 4.79 Å². The Morgan fingerprint density at radius 2 is 2.11 bits per heavy atom. The number of rotatable bonds is 8. The molecule has 1 saturated heterocycles. The molecule has 0 radical (unpaired) electrons. The van der Waals surface area contributed by atoms with E-state index < -0.39 is 0 Å². The number of anilines is 4. The molecule has 1 unspecified atom stereocenters. The second kappa shape index (κ2) is 10.4. The zero-order chi connectivity index (χ0) is 24.9. The second-order valence-electron chi connectivity index (χ2n) is 8.27. The maximum absolute atomic E-state index is 11.7. The van der Waals surface area contributed by atoms with E-state index in [1.165, 1.54) is 6.08 Å². The normalized spacial score (nSPS) is 14.9. The second-order valence-corrected chi connectivity index (χ2v) is 8.27. The number of hydrogen-bond donors (Lipinski definition) is 4. The SMILES string of the molecule is C=CC(=O)Nc1ccnc(-c2cccc3cnc(Nc4ccc(NC5CCNC5)nc4OC)nc23)c1. The Kier molecular flexibility index (Phi) is 6.67. The van der Waals surface area contributed by atoms with Gasteiger partial charge in [0.2, 0.25) is 17.7 Å². The fourth-order valence-electron chi connectivity index (χ4n) is 4.05. The third kappa shape index (κ3) is 5.08. The lowest BCUT2D eigenvalue weighted by Crippen LogP contribution is -2.22. The standard InChI is InChI=1S/C26H26N8O2/c1-3-23(35)31-17-10-12-28-21(13-17)19-6-4-5-16-14-29-26(34-24(16)19)32-20-7-8-22(33-25(20)36-2)30-18-9-11-27-15-18/h3-8,10,12-14,18,27H,1,9,11,15H2,2H3,(H,30,33)(H,28,31,35)(H,29,32,34). The van der Waals surface area contributed by atoms with Gasteiger partial charge in [0, 0.05) is 41.6 Å². The lowest BCUT2D eigenvalue weighted by molar-refractivity contribution is -0.111. The van der Waals surface area contributed by atoms with Crippen LogP contribution in [0.1, 0.15) is 6.42 Å². The summed E-state index contributed by atoms with van der Waals surface area (Å²) in [5.41, 5.74) is 3.46. The first-order valence-electron chi connectivity index (χ1n) is 11.6. The van der Waals surface area contributed by atoms with Crippen molar-refractivity contribution in [2.75, 3.05) is 36.1 Å². The van der Waals surface area contributed by atoms with E-state index in [0.717, 1.165) is 36.3 Å². The first-order chi connectivity index (χ1) is 17.6. The number of methoxy groups -OCH3 is 1. The van der Waals surface area contributed by atoms with Gasteiger partial charge in [0.25, 0.3) is 0 Å². The molecule has 10 heteroatoms. The summed E-state index contributed by atoms with van der Waals surface area (Å²) in [5.74, 6) is 1.30. The molecule has 4 heterocycles. The van der Waals surface area contributed by atoms with E-state index in [-0.39, 0.29) is 5.91 Å². The van der Waals surface area contributed by atoms with Gasteiger partial charge in [-0.2, -0.15) is 4.98 Å². The van der Waals surface area contributed by atoms with Crippen LogP contribution in [0.25, 0.3) is 22.2 Å². The highest BCUT2D eigenvalue weighted by atomic mass is 16.5. The zero-order valence-electron chi connectivity index (χ0n) is 19.8. The first-order valence-corrected chi connectivity index (χ1v) is 11.6. The number of carbonyl (C=O) groups excluding carboxylic acids is 1. The Morgan fingerprint density at radius 3 is 2.92 bits per heavy atom. The summed E-state index contributed by atoms with van der Waals surface area (Å²) in [6.45, 7) is 5.40. The number of fused-ring (bicyclic) bond motifs is 1. The largest absolute Gasteiger partial charge is 0.479 e. The van der Waals surface area contributed by atoms with E-state index >= 15 is 0 Å². The number of nitrogens with one attached hydrogen (secondary N) is 4. The van der Waals surface area contributed by atoms with Crippen molar-refractivity contribution in [1.29, 1.82) is 0 Å². The number of ether oxygens (including phenoxy) is 1. The van der Waals surface area contributed by atoms with Crippen molar-refractivity contribution in [3.8, 4) is 17.1 Å². The molecule has 0 aliphatic carbocycles. The van der Waals surface area contributed by atoms with E-state index in [9.17, 15) is 4.79 Å². The third-order valence-corrected chi connectivity index (χ3v) is 5.81. The third-order valence-electron chi connectivity index (χ3n) is 5.81. The average molecular weight is 483 g/mol. The van der Waals surface area contributed by atoms with E-state index in [2.05, 4.69) is 42.8 Å². The summed E-state index contributed by atoms with van der Waals surface area (Å²) in [6, 6.07) is 13.5. The molecule has 4 aromatic rings. The van der Waals surface area contributed by atoms with Crippen LogP contribution in [0.4, 0.5) is 23.1 Å². The summed E-state index contributed by atoms with van der Waals surface area (Å²) in [5, 5.41) is 13.6. The summed E-state index contributed by atoms with van der Waals surface area (Å²) in [4.78, 5) is 30.0. The van der Waals surface area contributed by atoms with Gasteiger partial charge in [-0.25, -0.2) is 9.97 Å². The molecule has 1 fully saturated rings. The van der Waals surface area contributed by atoms with Crippen molar-refractivity contribution in [1.82, 2.24) is 25.3 Å².